The zero-order valence-corrected chi connectivity index (χ0v) is 8.03. The Bertz CT molecular complexity index is 310. The molecule has 0 radical (unpaired) electrons. The van der Waals surface area contributed by atoms with Crippen LogP contribution >= 0.6 is 0 Å². The van der Waals surface area contributed by atoms with E-state index >= 15 is 0 Å². The highest BCUT2D eigenvalue weighted by atomic mass is 16.5. The summed E-state index contributed by atoms with van der Waals surface area (Å²) in [6, 6.07) is -0.870. The summed E-state index contributed by atoms with van der Waals surface area (Å²) in [5.74, 6) is -3.41. The number of esters is 1. The maximum absolute atomic E-state index is 11.2. The van der Waals surface area contributed by atoms with Crippen molar-refractivity contribution in [3.8, 4) is 0 Å². The van der Waals surface area contributed by atoms with Gasteiger partial charge in [-0.3, -0.25) is 25.0 Å². The van der Waals surface area contributed by atoms with Gasteiger partial charge in [0.25, 0.3) is 0 Å². The zero-order valence-electron chi connectivity index (χ0n) is 8.03. The van der Waals surface area contributed by atoms with Crippen LogP contribution in [0.3, 0.4) is 0 Å². The van der Waals surface area contributed by atoms with Crippen molar-refractivity contribution in [2.24, 2.45) is 5.92 Å². The number of rotatable bonds is 3. The molecule has 0 spiro atoms. The van der Waals surface area contributed by atoms with Crippen LogP contribution in [0.15, 0.2) is 0 Å². The van der Waals surface area contributed by atoms with E-state index < -0.39 is 29.7 Å². The molecule has 4 amide bonds. The van der Waals surface area contributed by atoms with Crippen molar-refractivity contribution in [1.29, 1.82) is 0 Å². The number of hydrogen-bond acceptors (Lipinski definition) is 5. The molecule has 7 heteroatoms. The lowest BCUT2D eigenvalue weighted by Crippen LogP contribution is -2.56. The number of urea groups is 1. The quantitative estimate of drug-likeness (QED) is 0.473. The van der Waals surface area contributed by atoms with Crippen LogP contribution in [0.5, 0.6) is 0 Å². The van der Waals surface area contributed by atoms with Crippen LogP contribution in [0.25, 0.3) is 0 Å². The summed E-state index contributed by atoms with van der Waals surface area (Å²) in [5, 5.41) is 3.78. The number of ether oxygens (including phenoxy) is 1. The molecule has 1 aliphatic rings. The first-order valence-electron chi connectivity index (χ1n) is 4.36. The molecule has 0 aromatic heterocycles. The first kappa shape index (κ1) is 11.2. The van der Waals surface area contributed by atoms with E-state index in [1.54, 1.807) is 6.92 Å². The fourth-order valence-electron chi connectivity index (χ4n) is 1.12. The molecule has 0 bridgehead atoms. The number of amides is 4. The molecule has 0 aliphatic carbocycles. The highest BCUT2D eigenvalue weighted by Crippen LogP contribution is 2.08. The number of carbonyl (C=O) groups is 4. The van der Waals surface area contributed by atoms with Crippen LogP contribution in [0.2, 0.25) is 0 Å². The molecule has 84 valence electrons. The molecule has 1 rings (SSSR count). The first-order valence-corrected chi connectivity index (χ1v) is 4.36. The second-order valence-electron chi connectivity index (χ2n) is 2.87. The summed E-state index contributed by atoms with van der Waals surface area (Å²) < 4.78 is 4.58. The van der Waals surface area contributed by atoms with Crippen molar-refractivity contribution in [2.45, 2.75) is 13.3 Å². The lowest BCUT2D eigenvalue weighted by atomic mass is 10.0. The fraction of sp³-hybridized carbons (Fsp3) is 0.500. The van der Waals surface area contributed by atoms with Crippen LogP contribution in [0.4, 0.5) is 4.79 Å². The third-order valence-corrected chi connectivity index (χ3v) is 1.78. The molecule has 1 aliphatic heterocycles. The van der Waals surface area contributed by atoms with Gasteiger partial charge in [-0.15, -0.1) is 0 Å². The molecule has 0 unspecified atom stereocenters. The van der Waals surface area contributed by atoms with E-state index in [0.717, 1.165) is 0 Å². The predicted molar refractivity (Wildman–Crippen MR) is 48.5 cm³/mol. The average Bonchev–Trinajstić information content (AvgIpc) is 2.11. The summed E-state index contributed by atoms with van der Waals surface area (Å²) in [6.07, 6.45) is -0.362. The minimum atomic E-state index is -1.19. The molecule has 1 fully saturated rings. The Labute approximate surface area is 86.6 Å². The van der Waals surface area contributed by atoms with Crippen LogP contribution < -0.4 is 10.6 Å². The molecule has 2 N–H and O–H groups in total. The molecule has 1 saturated heterocycles. The molecule has 1 heterocycles. The van der Waals surface area contributed by atoms with Gasteiger partial charge in [-0.1, -0.05) is 0 Å². The van der Waals surface area contributed by atoms with Crippen LogP contribution in [-0.4, -0.2) is 30.4 Å². The highest BCUT2D eigenvalue weighted by molar-refractivity contribution is 6.17. The Balaban J connectivity index is 0.00000225. The molecule has 0 aromatic carbocycles. The molecular formula is C8H12N2O5. The molecule has 15 heavy (non-hydrogen) atoms. The van der Waals surface area contributed by atoms with E-state index in [9.17, 15) is 19.2 Å². The summed E-state index contributed by atoms with van der Waals surface area (Å²) in [5.41, 5.74) is 0. The number of carbonyl (C=O) groups excluding carboxylic acids is 4. The van der Waals surface area contributed by atoms with Gasteiger partial charge in [0.15, 0.2) is 0 Å². The molecule has 7 nitrogen and oxygen atoms in total. The normalized spacial score (nSPS) is 17.0. The Morgan fingerprint density at radius 3 is 2.33 bits per heavy atom. The summed E-state index contributed by atoms with van der Waals surface area (Å²) >= 11 is 0. The molecule has 0 saturated carbocycles. The van der Waals surface area contributed by atoms with Gasteiger partial charge in [0.2, 0.25) is 11.8 Å². The monoisotopic (exact) mass is 216 g/mol. The minimum Gasteiger partial charge on any atom is -0.466 e. The van der Waals surface area contributed by atoms with Gasteiger partial charge in [-0.25, -0.2) is 4.79 Å². The van der Waals surface area contributed by atoms with Gasteiger partial charge in [0.05, 0.1) is 13.0 Å². The van der Waals surface area contributed by atoms with Gasteiger partial charge < -0.3 is 4.74 Å². The third-order valence-electron chi connectivity index (χ3n) is 1.78. The van der Waals surface area contributed by atoms with E-state index in [0.29, 0.717) is 0 Å². The SMILES string of the molecule is CCOC(=O)CC1C(=O)NC(=O)NC1=O.[HH]. The summed E-state index contributed by atoms with van der Waals surface area (Å²) in [6.45, 7) is 1.79. The first-order chi connectivity index (χ1) is 7.04. The highest BCUT2D eigenvalue weighted by Gasteiger charge is 2.35. The topological polar surface area (TPSA) is 102 Å². The fourth-order valence-corrected chi connectivity index (χ4v) is 1.12. The number of barbiturate groups is 1. The molecular weight excluding hydrogens is 204 g/mol. The lowest BCUT2D eigenvalue weighted by Gasteiger charge is -2.19. The average molecular weight is 216 g/mol. The summed E-state index contributed by atoms with van der Waals surface area (Å²) in [4.78, 5) is 44.0. The van der Waals surface area contributed by atoms with Crippen molar-refractivity contribution in [2.75, 3.05) is 6.61 Å². The van der Waals surface area contributed by atoms with Gasteiger partial charge >= 0.3 is 12.0 Å². The van der Waals surface area contributed by atoms with Crippen LogP contribution in [-0.2, 0) is 19.1 Å². The summed E-state index contributed by atoms with van der Waals surface area (Å²) in [7, 11) is 0. The van der Waals surface area contributed by atoms with Gasteiger partial charge in [0, 0.05) is 1.43 Å². The predicted octanol–water partition coefficient (Wildman–Crippen LogP) is -0.832. The van der Waals surface area contributed by atoms with E-state index in [4.69, 9.17) is 0 Å². The molecule has 0 atom stereocenters. The zero-order chi connectivity index (χ0) is 11.4. The van der Waals surface area contributed by atoms with Gasteiger partial charge in [-0.05, 0) is 6.92 Å². The second-order valence-corrected chi connectivity index (χ2v) is 2.87. The third kappa shape index (κ3) is 2.76. The van der Waals surface area contributed by atoms with Crippen molar-refractivity contribution < 1.29 is 25.3 Å². The van der Waals surface area contributed by atoms with Crippen molar-refractivity contribution in [3.63, 3.8) is 0 Å². The minimum absolute atomic E-state index is 0. The molecule has 0 aromatic rings. The second kappa shape index (κ2) is 4.54. The van der Waals surface area contributed by atoms with Crippen molar-refractivity contribution in [3.05, 3.63) is 0 Å². The number of imide groups is 2. The van der Waals surface area contributed by atoms with Crippen LogP contribution in [0.1, 0.15) is 14.8 Å². The van der Waals surface area contributed by atoms with Crippen molar-refractivity contribution >= 4 is 23.8 Å². The Kier molecular flexibility index (Phi) is 3.37. The Morgan fingerprint density at radius 1 is 1.33 bits per heavy atom. The van der Waals surface area contributed by atoms with Gasteiger partial charge in [-0.2, -0.15) is 0 Å². The maximum Gasteiger partial charge on any atom is 0.328 e. The van der Waals surface area contributed by atoms with E-state index in [1.807, 2.05) is 10.6 Å². The van der Waals surface area contributed by atoms with E-state index in [1.165, 1.54) is 0 Å². The maximum atomic E-state index is 11.2. The standard InChI is InChI=1S/C8H10N2O5.H2/c1-2-15-5(11)3-4-6(12)9-8(14)10-7(4)13;/h4H,2-3H2,1H3,(H2,9,10,12,13,14);1H. The largest absolute Gasteiger partial charge is 0.466 e. The Morgan fingerprint density at radius 2 is 1.87 bits per heavy atom. The number of hydrogen-bond donors (Lipinski definition) is 2. The van der Waals surface area contributed by atoms with E-state index in [2.05, 4.69) is 4.74 Å². The Hall–Kier alpha value is -1.92. The number of nitrogens with one attached hydrogen (secondary N) is 2. The van der Waals surface area contributed by atoms with Gasteiger partial charge in [0.1, 0.15) is 5.92 Å². The van der Waals surface area contributed by atoms with Crippen molar-refractivity contribution in [1.82, 2.24) is 10.6 Å². The smallest absolute Gasteiger partial charge is 0.328 e. The van der Waals surface area contributed by atoms with E-state index in [-0.39, 0.29) is 14.5 Å². The van der Waals surface area contributed by atoms with Crippen LogP contribution in [0, 0.1) is 5.92 Å². The lowest BCUT2D eigenvalue weighted by molar-refractivity contribution is -0.149.